The monoisotopic (exact) mass is 271 g/mol. The molecule has 0 bridgehead atoms. The zero-order valence-corrected chi connectivity index (χ0v) is 11.8. The average Bonchev–Trinajstić information content (AvgIpc) is 2.28. The minimum absolute atomic E-state index is 0.136. The molecule has 0 saturated heterocycles. The first-order valence-electron chi connectivity index (χ1n) is 5.91. The number of nitrogens with two attached hydrogens (primary N) is 1. The molecule has 0 aliphatic heterocycles. The molecular weight excluding hydrogens is 250 g/mol. The van der Waals surface area contributed by atoms with Crippen molar-refractivity contribution in [3.63, 3.8) is 0 Å². The normalized spacial score (nSPS) is 15.1. The lowest BCUT2D eigenvalue weighted by Gasteiger charge is -2.17. The third kappa shape index (κ3) is 4.29. The number of hydrogen-bond donors (Lipinski definition) is 3. The summed E-state index contributed by atoms with van der Waals surface area (Å²) in [5.74, 6) is 0. The van der Waals surface area contributed by atoms with Crippen LogP contribution >= 0.6 is 0 Å². The highest BCUT2D eigenvalue weighted by Gasteiger charge is 2.11. The van der Waals surface area contributed by atoms with Gasteiger partial charge in [-0.3, -0.25) is 0 Å². The summed E-state index contributed by atoms with van der Waals surface area (Å²) in [6.07, 6.45) is 0.858. The Balaban J connectivity index is 2.72. The zero-order chi connectivity index (χ0) is 13.8. The van der Waals surface area contributed by atoms with Crippen LogP contribution in [-0.4, -0.2) is 27.5 Å². The Bertz CT molecular complexity index is 469. The first kappa shape index (κ1) is 14.9. The topological polar surface area (TPSA) is 84.2 Å². The zero-order valence-electron chi connectivity index (χ0n) is 11.0. The maximum Gasteiger partial charge on any atom is 0.240 e. The Morgan fingerprint density at radius 2 is 1.78 bits per heavy atom. The highest BCUT2D eigenvalue weighted by molar-refractivity contribution is 7.89. The first-order valence-corrected chi connectivity index (χ1v) is 7.39. The second kappa shape index (κ2) is 6.17. The molecule has 0 aromatic heterocycles. The van der Waals surface area contributed by atoms with Crippen molar-refractivity contribution in [3.8, 4) is 0 Å². The van der Waals surface area contributed by atoms with E-state index < -0.39 is 10.0 Å². The molecule has 4 N–H and O–H groups in total. The summed E-state index contributed by atoms with van der Waals surface area (Å²) in [5, 5.41) is 3.27. The second-order valence-electron chi connectivity index (χ2n) is 4.49. The van der Waals surface area contributed by atoms with E-state index in [2.05, 4.69) is 10.0 Å². The molecule has 0 amide bonds. The van der Waals surface area contributed by atoms with Crippen molar-refractivity contribution in [3.05, 3.63) is 24.3 Å². The molecule has 0 aliphatic carbocycles. The fourth-order valence-electron chi connectivity index (χ4n) is 1.75. The Hall–Kier alpha value is -1.11. The van der Waals surface area contributed by atoms with Gasteiger partial charge >= 0.3 is 0 Å². The third-order valence-electron chi connectivity index (χ3n) is 2.57. The summed E-state index contributed by atoms with van der Waals surface area (Å²) in [6.45, 7) is 4.00. The van der Waals surface area contributed by atoms with E-state index in [-0.39, 0.29) is 17.0 Å². The van der Waals surface area contributed by atoms with Crippen molar-refractivity contribution >= 4 is 15.7 Å². The minimum atomic E-state index is -3.36. The largest absolute Gasteiger partial charge is 0.383 e. The fourth-order valence-corrected chi connectivity index (χ4v) is 2.48. The van der Waals surface area contributed by atoms with Gasteiger partial charge in [0.1, 0.15) is 0 Å². The molecule has 0 aliphatic rings. The van der Waals surface area contributed by atoms with Gasteiger partial charge in [0.2, 0.25) is 10.0 Å². The van der Waals surface area contributed by atoms with Crippen LogP contribution in [0.25, 0.3) is 0 Å². The van der Waals surface area contributed by atoms with Crippen LogP contribution in [0.15, 0.2) is 29.2 Å². The molecule has 0 spiro atoms. The Labute approximate surface area is 109 Å². The molecule has 2 atom stereocenters. The van der Waals surface area contributed by atoms with Crippen LogP contribution in [0.4, 0.5) is 5.69 Å². The molecule has 1 aromatic carbocycles. The van der Waals surface area contributed by atoms with Crippen molar-refractivity contribution in [2.45, 2.75) is 37.2 Å². The van der Waals surface area contributed by atoms with Gasteiger partial charge in [0.25, 0.3) is 0 Å². The molecule has 0 fully saturated rings. The predicted octanol–water partition coefficient (Wildman–Crippen LogP) is 1.13. The van der Waals surface area contributed by atoms with Crippen LogP contribution in [0.1, 0.15) is 20.3 Å². The number of hydrogen-bond acceptors (Lipinski definition) is 4. The van der Waals surface area contributed by atoms with E-state index in [9.17, 15) is 8.42 Å². The van der Waals surface area contributed by atoms with Crippen LogP contribution in [0.2, 0.25) is 0 Å². The lowest BCUT2D eigenvalue weighted by atomic mass is 10.1. The van der Waals surface area contributed by atoms with Crippen molar-refractivity contribution in [1.82, 2.24) is 4.72 Å². The molecule has 0 radical (unpaired) electrons. The Morgan fingerprint density at radius 3 is 2.22 bits per heavy atom. The molecule has 0 heterocycles. The van der Waals surface area contributed by atoms with Crippen molar-refractivity contribution < 1.29 is 8.42 Å². The standard InChI is InChI=1S/C12H21N3O2S/c1-9(13)8-10(2)15-11-4-6-12(7-5-11)18(16,17)14-3/h4-7,9-10,14-15H,8,13H2,1-3H3. The number of anilines is 1. The SMILES string of the molecule is CNS(=O)(=O)c1ccc(NC(C)CC(C)N)cc1. The van der Waals surface area contributed by atoms with Gasteiger partial charge in [0, 0.05) is 17.8 Å². The van der Waals surface area contributed by atoms with Gasteiger partial charge < -0.3 is 11.1 Å². The lowest BCUT2D eigenvalue weighted by molar-refractivity contribution is 0.588. The molecule has 18 heavy (non-hydrogen) atoms. The summed E-state index contributed by atoms with van der Waals surface area (Å²) in [5.41, 5.74) is 6.61. The number of sulfonamides is 1. The summed E-state index contributed by atoms with van der Waals surface area (Å²) < 4.78 is 25.3. The van der Waals surface area contributed by atoms with Crippen molar-refractivity contribution in [2.75, 3.05) is 12.4 Å². The van der Waals surface area contributed by atoms with Crippen LogP contribution in [0, 0.1) is 0 Å². The first-order chi connectivity index (χ1) is 8.35. The van der Waals surface area contributed by atoms with Crippen LogP contribution in [0.3, 0.4) is 0 Å². The maximum atomic E-state index is 11.5. The highest BCUT2D eigenvalue weighted by Crippen LogP contribution is 2.15. The van der Waals surface area contributed by atoms with Crippen molar-refractivity contribution in [2.24, 2.45) is 5.73 Å². The molecule has 2 unspecified atom stereocenters. The predicted molar refractivity (Wildman–Crippen MR) is 74.0 cm³/mol. The van der Waals surface area contributed by atoms with E-state index in [1.54, 1.807) is 24.3 Å². The van der Waals surface area contributed by atoms with Gasteiger partial charge in [-0.05, 0) is 51.6 Å². The molecular formula is C12H21N3O2S. The molecule has 102 valence electrons. The minimum Gasteiger partial charge on any atom is -0.383 e. The molecule has 5 nitrogen and oxygen atoms in total. The summed E-state index contributed by atoms with van der Waals surface area (Å²) in [4.78, 5) is 0.260. The van der Waals surface area contributed by atoms with Crippen molar-refractivity contribution in [1.29, 1.82) is 0 Å². The number of benzene rings is 1. The molecule has 0 saturated carbocycles. The van der Waals surface area contributed by atoms with Gasteiger partial charge in [-0.1, -0.05) is 0 Å². The number of nitrogens with one attached hydrogen (secondary N) is 2. The van der Waals surface area contributed by atoms with Crippen LogP contribution in [0.5, 0.6) is 0 Å². The summed E-state index contributed by atoms with van der Waals surface area (Å²) >= 11 is 0. The molecule has 6 heteroatoms. The quantitative estimate of drug-likeness (QED) is 0.724. The maximum absolute atomic E-state index is 11.5. The third-order valence-corrected chi connectivity index (χ3v) is 4.00. The van der Waals surface area contributed by atoms with E-state index in [0.717, 1.165) is 12.1 Å². The highest BCUT2D eigenvalue weighted by atomic mass is 32.2. The smallest absolute Gasteiger partial charge is 0.240 e. The average molecular weight is 271 g/mol. The van der Waals surface area contributed by atoms with Gasteiger partial charge in [0.05, 0.1) is 4.90 Å². The van der Waals surface area contributed by atoms with E-state index >= 15 is 0 Å². The molecule has 1 aromatic rings. The van der Waals surface area contributed by atoms with Gasteiger partial charge in [-0.15, -0.1) is 0 Å². The lowest BCUT2D eigenvalue weighted by Crippen LogP contribution is -2.26. The Morgan fingerprint density at radius 1 is 1.22 bits per heavy atom. The van der Waals surface area contributed by atoms with Gasteiger partial charge in [-0.2, -0.15) is 0 Å². The Kier molecular flexibility index (Phi) is 5.13. The van der Waals surface area contributed by atoms with E-state index in [0.29, 0.717) is 0 Å². The van der Waals surface area contributed by atoms with Crippen LogP contribution in [-0.2, 0) is 10.0 Å². The van der Waals surface area contributed by atoms with Gasteiger partial charge in [-0.25, -0.2) is 13.1 Å². The second-order valence-corrected chi connectivity index (χ2v) is 6.38. The van der Waals surface area contributed by atoms with E-state index in [1.807, 2.05) is 13.8 Å². The van der Waals surface area contributed by atoms with Gasteiger partial charge in [0.15, 0.2) is 0 Å². The van der Waals surface area contributed by atoms with E-state index in [1.165, 1.54) is 7.05 Å². The molecule has 1 rings (SSSR count). The van der Waals surface area contributed by atoms with E-state index in [4.69, 9.17) is 5.73 Å². The fraction of sp³-hybridized carbons (Fsp3) is 0.500. The van der Waals surface area contributed by atoms with Crippen LogP contribution < -0.4 is 15.8 Å². The summed E-state index contributed by atoms with van der Waals surface area (Å²) in [6, 6.07) is 7.04. The number of rotatable bonds is 6. The summed E-state index contributed by atoms with van der Waals surface area (Å²) in [7, 11) is -1.97.